The fourth-order valence-electron chi connectivity index (χ4n) is 1.86. The molecule has 0 bridgehead atoms. The molecule has 116 valence electrons. The lowest BCUT2D eigenvalue weighted by atomic mass is 10.1. The minimum absolute atomic E-state index is 0.207. The van der Waals surface area contributed by atoms with E-state index in [-0.39, 0.29) is 10.6 Å². The fraction of sp³-hybridized carbons (Fsp3) is 0.588. The fourth-order valence-corrected chi connectivity index (χ4v) is 3.62. The van der Waals surface area contributed by atoms with Crippen molar-refractivity contribution >= 4 is 14.0 Å². The van der Waals surface area contributed by atoms with Gasteiger partial charge in [-0.2, -0.15) is 5.26 Å². The van der Waals surface area contributed by atoms with E-state index in [1.807, 2.05) is 24.3 Å². The molecule has 21 heavy (non-hydrogen) atoms. The Morgan fingerprint density at radius 3 is 2.05 bits per heavy atom. The summed E-state index contributed by atoms with van der Waals surface area (Å²) in [6.45, 7) is 16.3. The molecular weight excluding hydrogens is 276 g/mol. The van der Waals surface area contributed by atoms with Crippen molar-refractivity contribution in [1.29, 1.82) is 5.26 Å². The van der Waals surface area contributed by atoms with Gasteiger partial charge in [0.25, 0.3) is 0 Å². The monoisotopic (exact) mass is 304 g/mol. The predicted molar refractivity (Wildman–Crippen MR) is 92.0 cm³/mol. The van der Waals surface area contributed by atoms with Crippen LogP contribution in [-0.2, 0) is 4.43 Å². The molecular formula is C17H28N2OSi. The Balaban J connectivity index is 2.66. The molecule has 0 aromatic heterocycles. The molecule has 1 aromatic carbocycles. The minimum atomic E-state index is -1.78. The van der Waals surface area contributed by atoms with E-state index in [4.69, 9.17) is 9.69 Å². The Kier molecular flexibility index (Phi) is 5.24. The van der Waals surface area contributed by atoms with Gasteiger partial charge < -0.3 is 9.74 Å². The van der Waals surface area contributed by atoms with Crippen molar-refractivity contribution < 1.29 is 4.43 Å². The second-order valence-electron chi connectivity index (χ2n) is 7.66. The molecule has 0 fully saturated rings. The number of benzene rings is 1. The second kappa shape index (κ2) is 6.21. The topological polar surface area (TPSA) is 45.0 Å². The second-order valence-corrected chi connectivity index (χ2v) is 12.4. The molecule has 3 nitrogen and oxygen atoms in total. The summed E-state index contributed by atoms with van der Waals surface area (Å²) < 4.78 is 6.48. The van der Waals surface area contributed by atoms with Gasteiger partial charge in [0, 0.05) is 12.2 Å². The Morgan fingerprint density at radius 2 is 1.62 bits per heavy atom. The summed E-state index contributed by atoms with van der Waals surface area (Å²) in [5.74, 6) is 0. The predicted octanol–water partition coefficient (Wildman–Crippen LogP) is 4.77. The van der Waals surface area contributed by atoms with Crippen LogP contribution in [-0.4, -0.2) is 20.5 Å². The van der Waals surface area contributed by atoms with Gasteiger partial charge >= 0.3 is 0 Å². The van der Waals surface area contributed by atoms with E-state index in [9.17, 15) is 0 Å². The number of anilines is 1. The Morgan fingerprint density at radius 1 is 1.10 bits per heavy atom. The van der Waals surface area contributed by atoms with E-state index in [0.717, 1.165) is 12.2 Å². The standard InChI is InChI=1S/C17H28N2OSi/c1-16(2,3)21(6,7)20-17(4,5)13-19-15-10-8-14(12-18)9-11-15/h8-11,19H,13H2,1-7H3. The number of nitrogens with one attached hydrogen (secondary N) is 1. The molecule has 0 aliphatic heterocycles. The van der Waals surface area contributed by atoms with Crippen LogP contribution in [0.2, 0.25) is 18.1 Å². The lowest BCUT2D eigenvalue weighted by molar-refractivity contribution is 0.105. The maximum atomic E-state index is 8.81. The first kappa shape index (κ1) is 17.7. The quantitative estimate of drug-likeness (QED) is 0.797. The molecule has 4 heteroatoms. The number of hydrogen-bond acceptors (Lipinski definition) is 3. The number of nitrogens with zero attached hydrogens (tertiary/aromatic N) is 1. The molecule has 0 amide bonds. The third-order valence-corrected chi connectivity index (χ3v) is 8.75. The van der Waals surface area contributed by atoms with E-state index in [1.54, 1.807) is 0 Å². The maximum Gasteiger partial charge on any atom is 0.192 e. The molecule has 0 radical (unpaired) electrons. The normalized spacial score (nSPS) is 12.9. The molecule has 0 heterocycles. The SMILES string of the molecule is CC(C)(CNc1ccc(C#N)cc1)O[Si](C)(C)C(C)(C)C. The highest BCUT2D eigenvalue weighted by Gasteiger charge is 2.41. The smallest absolute Gasteiger partial charge is 0.192 e. The van der Waals surface area contributed by atoms with Crippen LogP contribution < -0.4 is 5.32 Å². The van der Waals surface area contributed by atoms with E-state index < -0.39 is 8.32 Å². The molecule has 0 saturated heterocycles. The highest BCUT2D eigenvalue weighted by molar-refractivity contribution is 6.74. The largest absolute Gasteiger partial charge is 0.410 e. The molecule has 1 rings (SSSR count). The van der Waals surface area contributed by atoms with Crippen LogP contribution >= 0.6 is 0 Å². The van der Waals surface area contributed by atoms with Gasteiger partial charge in [-0.25, -0.2) is 0 Å². The van der Waals surface area contributed by atoms with E-state index >= 15 is 0 Å². The number of nitriles is 1. The number of rotatable bonds is 5. The van der Waals surface area contributed by atoms with Gasteiger partial charge in [-0.05, 0) is 56.2 Å². The number of hydrogen-bond donors (Lipinski definition) is 1. The van der Waals surface area contributed by atoms with E-state index in [2.05, 4.69) is 59.1 Å². The van der Waals surface area contributed by atoms with Crippen molar-refractivity contribution in [2.45, 2.75) is 58.4 Å². The lowest BCUT2D eigenvalue weighted by Gasteiger charge is -2.43. The summed E-state index contributed by atoms with van der Waals surface area (Å²) in [5, 5.41) is 12.4. The highest BCUT2D eigenvalue weighted by Crippen LogP contribution is 2.39. The van der Waals surface area contributed by atoms with Crippen molar-refractivity contribution in [3.63, 3.8) is 0 Å². The zero-order valence-electron chi connectivity index (χ0n) is 14.4. The molecule has 0 aliphatic carbocycles. The average Bonchev–Trinajstić information content (AvgIpc) is 2.34. The van der Waals surface area contributed by atoms with Crippen molar-refractivity contribution in [1.82, 2.24) is 0 Å². The van der Waals surface area contributed by atoms with Gasteiger partial charge in [-0.15, -0.1) is 0 Å². The third kappa shape index (κ3) is 5.18. The van der Waals surface area contributed by atoms with Crippen LogP contribution in [0.3, 0.4) is 0 Å². The summed E-state index contributed by atoms with van der Waals surface area (Å²) >= 11 is 0. The van der Waals surface area contributed by atoms with Gasteiger partial charge in [-0.1, -0.05) is 20.8 Å². The molecule has 0 aliphatic rings. The van der Waals surface area contributed by atoms with Crippen molar-refractivity contribution in [3.8, 4) is 6.07 Å². The van der Waals surface area contributed by atoms with Gasteiger partial charge in [0.05, 0.1) is 17.2 Å². The van der Waals surface area contributed by atoms with E-state index in [0.29, 0.717) is 5.56 Å². The van der Waals surface area contributed by atoms with Gasteiger partial charge in [0.1, 0.15) is 0 Å². The van der Waals surface area contributed by atoms with E-state index in [1.165, 1.54) is 0 Å². The first-order valence-corrected chi connectivity index (χ1v) is 10.3. The Bertz CT molecular complexity index is 507. The van der Waals surface area contributed by atoms with Crippen LogP contribution in [0.25, 0.3) is 0 Å². The first-order valence-electron chi connectivity index (χ1n) is 7.41. The molecule has 0 spiro atoms. The summed E-state index contributed by atoms with van der Waals surface area (Å²) in [6, 6.07) is 9.64. The van der Waals surface area contributed by atoms with Crippen LogP contribution in [0.15, 0.2) is 24.3 Å². The van der Waals surface area contributed by atoms with Crippen LogP contribution in [0.5, 0.6) is 0 Å². The van der Waals surface area contributed by atoms with Gasteiger partial charge in [0.2, 0.25) is 0 Å². The van der Waals surface area contributed by atoms with Crippen molar-refractivity contribution in [2.75, 3.05) is 11.9 Å². The average molecular weight is 305 g/mol. The van der Waals surface area contributed by atoms with Gasteiger partial charge in [-0.3, -0.25) is 0 Å². The van der Waals surface area contributed by atoms with Crippen LogP contribution in [0.4, 0.5) is 5.69 Å². The molecule has 1 N–H and O–H groups in total. The third-order valence-electron chi connectivity index (χ3n) is 4.07. The highest BCUT2D eigenvalue weighted by atomic mass is 28.4. The van der Waals surface area contributed by atoms with Crippen LogP contribution in [0.1, 0.15) is 40.2 Å². The summed E-state index contributed by atoms with van der Waals surface area (Å²) in [6.07, 6.45) is 0. The maximum absolute atomic E-state index is 8.81. The lowest BCUT2D eigenvalue weighted by Crippen LogP contribution is -2.49. The molecule has 1 aromatic rings. The summed E-state index contributed by atoms with van der Waals surface area (Å²) in [5.41, 5.74) is 1.47. The Labute approximate surface area is 130 Å². The van der Waals surface area contributed by atoms with Crippen molar-refractivity contribution in [2.24, 2.45) is 0 Å². The van der Waals surface area contributed by atoms with Crippen LogP contribution in [0, 0.1) is 11.3 Å². The van der Waals surface area contributed by atoms with Crippen molar-refractivity contribution in [3.05, 3.63) is 29.8 Å². The summed E-state index contributed by atoms with van der Waals surface area (Å²) in [7, 11) is -1.78. The Hall–Kier alpha value is -1.31. The zero-order valence-corrected chi connectivity index (χ0v) is 15.4. The summed E-state index contributed by atoms with van der Waals surface area (Å²) in [4.78, 5) is 0. The first-order chi connectivity index (χ1) is 9.47. The molecule has 0 unspecified atom stereocenters. The minimum Gasteiger partial charge on any atom is -0.410 e. The zero-order chi connectivity index (χ0) is 16.3. The van der Waals surface area contributed by atoms with Gasteiger partial charge in [0.15, 0.2) is 8.32 Å². The molecule has 0 atom stereocenters. The molecule has 0 saturated carbocycles.